The van der Waals surface area contributed by atoms with Gasteiger partial charge in [0.05, 0.1) is 0 Å². The molecule has 1 heterocycles. The van der Waals surface area contributed by atoms with Crippen LogP contribution in [0.2, 0.25) is 0 Å². The Balaban J connectivity index is 1.72. The normalized spacial score (nSPS) is 16.3. The third kappa shape index (κ3) is 4.04. The Morgan fingerprint density at radius 3 is 2.67 bits per heavy atom. The first-order valence-electron chi connectivity index (χ1n) is 6.43. The molecule has 0 spiro atoms. The molecule has 1 aliphatic rings. The smallest absolute Gasteiger partial charge is 0.258 e. The Morgan fingerprint density at radius 2 is 2.00 bits per heavy atom. The number of rotatable bonds is 4. The zero-order valence-corrected chi connectivity index (χ0v) is 10.7. The fourth-order valence-electron chi connectivity index (χ4n) is 2.02. The van der Waals surface area contributed by atoms with Gasteiger partial charge in [-0.1, -0.05) is 17.7 Å². The van der Waals surface area contributed by atoms with Gasteiger partial charge in [0.15, 0.2) is 6.61 Å². The molecule has 2 rings (SSSR count). The molecule has 1 saturated heterocycles. The molecule has 1 fully saturated rings. The summed E-state index contributed by atoms with van der Waals surface area (Å²) in [6, 6.07) is 8.00. The van der Waals surface area contributed by atoms with E-state index in [1.54, 1.807) is 0 Å². The zero-order valence-electron chi connectivity index (χ0n) is 10.7. The summed E-state index contributed by atoms with van der Waals surface area (Å²) in [5, 5.41) is 6.27. The second-order valence-electron chi connectivity index (χ2n) is 4.69. The third-order valence-corrected chi connectivity index (χ3v) is 3.10. The van der Waals surface area contributed by atoms with E-state index in [0.717, 1.165) is 31.7 Å². The molecule has 1 aromatic carbocycles. The fourth-order valence-corrected chi connectivity index (χ4v) is 2.02. The minimum atomic E-state index is -0.0394. The number of amides is 1. The van der Waals surface area contributed by atoms with Crippen LogP contribution in [0.1, 0.15) is 18.4 Å². The van der Waals surface area contributed by atoms with Crippen molar-refractivity contribution < 1.29 is 9.53 Å². The molecule has 0 unspecified atom stereocenters. The standard InChI is InChI=1S/C14H20N2O2/c1-11-2-4-13(5-3-11)18-10-14(17)16-12-6-8-15-9-7-12/h2-5,12,15H,6-10H2,1H3,(H,16,17). The highest BCUT2D eigenvalue weighted by Crippen LogP contribution is 2.11. The molecule has 4 nitrogen and oxygen atoms in total. The van der Waals surface area contributed by atoms with Crippen molar-refractivity contribution in [3.63, 3.8) is 0 Å². The van der Waals surface area contributed by atoms with Crippen LogP contribution in [0.5, 0.6) is 5.75 Å². The second kappa shape index (κ2) is 6.40. The molecule has 0 bridgehead atoms. The number of hydrogen-bond acceptors (Lipinski definition) is 3. The van der Waals surface area contributed by atoms with Crippen molar-refractivity contribution in [2.75, 3.05) is 19.7 Å². The molecule has 0 atom stereocenters. The number of carbonyl (C=O) groups is 1. The van der Waals surface area contributed by atoms with Gasteiger partial charge in [0.2, 0.25) is 0 Å². The van der Waals surface area contributed by atoms with Crippen molar-refractivity contribution in [2.45, 2.75) is 25.8 Å². The summed E-state index contributed by atoms with van der Waals surface area (Å²) < 4.78 is 5.44. The lowest BCUT2D eigenvalue weighted by atomic mass is 10.1. The van der Waals surface area contributed by atoms with Crippen molar-refractivity contribution >= 4 is 5.91 Å². The molecule has 1 amide bonds. The molecular weight excluding hydrogens is 228 g/mol. The van der Waals surface area contributed by atoms with Gasteiger partial charge in [-0.25, -0.2) is 0 Å². The van der Waals surface area contributed by atoms with E-state index >= 15 is 0 Å². The van der Waals surface area contributed by atoms with Crippen molar-refractivity contribution in [1.29, 1.82) is 0 Å². The third-order valence-electron chi connectivity index (χ3n) is 3.10. The number of piperidine rings is 1. The Labute approximate surface area is 108 Å². The van der Waals surface area contributed by atoms with Crippen LogP contribution >= 0.6 is 0 Å². The highest BCUT2D eigenvalue weighted by Gasteiger charge is 2.15. The van der Waals surface area contributed by atoms with Crippen LogP contribution in [-0.4, -0.2) is 31.6 Å². The van der Waals surface area contributed by atoms with E-state index in [4.69, 9.17) is 4.74 Å². The van der Waals surface area contributed by atoms with E-state index in [2.05, 4.69) is 10.6 Å². The summed E-state index contributed by atoms with van der Waals surface area (Å²) in [6.45, 7) is 4.06. The Kier molecular flexibility index (Phi) is 4.59. The van der Waals surface area contributed by atoms with Gasteiger partial charge >= 0.3 is 0 Å². The van der Waals surface area contributed by atoms with Crippen LogP contribution in [-0.2, 0) is 4.79 Å². The monoisotopic (exact) mass is 248 g/mol. The molecule has 1 aromatic rings. The molecule has 18 heavy (non-hydrogen) atoms. The van der Waals surface area contributed by atoms with Gasteiger partial charge < -0.3 is 15.4 Å². The Hall–Kier alpha value is -1.55. The van der Waals surface area contributed by atoms with Gasteiger partial charge in [-0.15, -0.1) is 0 Å². The van der Waals surface area contributed by atoms with Crippen LogP contribution in [0.4, 0.5) is 0 Å². The van der Waals surface area contributed by atoms with E-state index in [1.165, 1.54) is 5.56 Å². The quantitative estimate of drug-likeness (QED) is 0.843. The van der Waals surface area contributed by atoms with Crippen molar-refractivity contribution in [3.8, 4) is 5.75 Å². The predicted octanol–water partition coefficient (Wildman–Crippen LogP) is 1.24. The maximum atomic E-state index is 11.7. The molecule has 1 aliphatic heterocycles. The maximum Gasteiger partial charge on any atom is 0.258 e. The van der Waals surface area contributed by atoms with E-state index in [1.807, 2.05) is 31.2 Å². The van der Waals surface area contributed by atoms with Crippen molar-refractivity contribution in [3.05, 3.63) is 29.8 Å². The second-order valence-corrected chi connectivity index (χ2v) is 4.69. The number of benzene rings is 1. The molecule has 2 N–H and O–H groups in total. The van der Waals surface area contributed by atoms with Crippen LogP contribution < -0.4 is 15.4 Å². The first kappa shape index (κ1) is 12.9. The zero-order chi connectivity index (χ0) is 12.8. The van der Waals surface area contributed by atoms with Gasteiger partial charge in [0.1, 0.15) is 5.75 Å². The van der Waals surface area contributed by atoms with E-state index in [0.29, 0.717) is 6.04 Å². The van der Waals surface area contributed by atoms with Gasteiger partial charge in [0, 0.05) is 6.04 Å². The topological polar surface area (TPSA) is 50.4 Å². The Bertz CT molecular complexity index is 383. The Morgan fingerprint density at radius 1 is 1.33 bits per heavy atom. The predicted molar refractivity (Wildman–Crippen MR) is 70.7 cm³/mol. The number of hydrogen-bond donors (Lipinski definition) is 2. The molecule has 0 saturated carbocycles. The molecule has 0 aliphatic carbocycles. The summed E-state index contributed by atoms with van der Waals surface area (Å²) in [5.41, 5.74) is 1.18. The lowest BCUT2D eigenvalue weighted by molar-refractivity contribution is -0.123. The summed E-state index contributed by atoms with van der Waals surface area (Å²) in [7, 11) is 0. The van der Waals surface area contributed by atoms with Crippen LogP contribution in [0, 0.1) is 6.92 Å². The summed E-state index contributed by atoms with van der Waals surface area (Å²) >= 11 is 0. The molecule has 0 aromatic heterocycles. The maximum absolute atomic E-state index is 11.7. The first-order valence-corrected chi connectivity index (χ1v) is 6.43. The van der Waals surface area contributed by atoms with Crippen molar-refractivity contribution in [2.24, 2.45) is 0 Å². The first-order chi connectivity index (χ1) is 8.74. The van der Waals surface area contributed by atoms with E-state index in [-0.39, 0.29) is 12.5 Å². The number of ether oxygens (including phenoxy) is 1. The van der Waals surface area contributed by atoms with Gasteiger partial charge in [-0.3, -0.25) is 4.79 Å². The van der Waals surface area contributed by atoms with E-state index < -0.39 is 0 Å². The minimum Gasteiger partial charge on any atom is -0.484 e. The number of aryl methyl sites for hydroxylation is 1. The highest BCUT2D eigenvalue weighted by atomic mass is 16.5. The van der Waals surface area contributed by atoms with Gasteiger partial charge in [-0.2, -0.15) is 0 Å². The fraction of sp³-hybridized carbons (Fsp3) is 0.500. The SMILES string of the molecule is Cc1ccc(OCC(=O)NC2CCNCC2)cc1. The average molecular weight is 248 g/mol. The molecule has 4 heteroatoms. The lowest BCUT2D eigenvalue weighted by Crippen LogP contribution is -2.44. The van der Waals surface area contributed by atoms with Gasteiger partial charge in [-0.05, 0) is 45.0 Å². The minimum absolute atomic E-state index is 0.0394. The van der Waals surface area contributed by atoms with E-state index in [9.17, 15) is 4.79 Å². The largest absolute Gasteiger partial charge is 0.484 e. The van der Waals surface area contributed by atoms with Crippen LogP contribution in [0.3, 0.4) is 0 Å². The molecular formula is C14H20N2O2. The molecule has 98 valence electrons. The number of nitrogens with one attached hydrogen (secondary N) is 2. The van der Waals surface area contributed by atoms with Crippen molar-refractivity contribution in [1.82, 2.24) is 10.6 Å². The average Bonchev–Trinajstić information content (AvgIpc) is 2.39. The summed E-state index contributed by atoms with van der Waals surface area (Å²) in [6.07, 6.45) is 1.99. The van der Waals surface area contributed by atoms with Crippen LogP contribution in [0.15, 0.2) is 24.3 Å². The summed E-state index contributed by atoms with van der Waals surface area (Å²) in [4.78, 5) is 11.7. The van der Waals surface area contributed by atoms with Gasteiger partial charge in [0.25, 0.3) is 5.91 Å². The number of carbonyl (C=O) groups excluding carboxylic acids is 1. The highest BCUT2D eigenvalue weighted by molar-refractivity contribution is 5.77. The lowest BCUT2D eigenvalue weighted by Gasteiger charge is -2.23. The summed E-state index contributed by atoms with van der Waals surface area (Å²) in [5.74, 6) is 0.698. The molecule has 0 radical (unpaired) electrons. The van der Waals surface area contributed by atoms with Crippen LogP contribution in [0.25, 0.3) is 0 Å².